The summed E-state index contributed by atoms with van der Waals surface area (Å²) in [4.78, 5) is -0.883. The molecule has 0 aromatic rings. The van der Waals surface area contributed by atoms with Gasteiger partial charge in [-0.3, -0.25) is 0 Å². The van der Waals surface area contributed by atoms with Crippen LogP contribution in [0.15, 0.2) is 22.6 Å². The van der Waals surface area contributed by atoms with E-state index in [-0.39, 0.29) is 6.08 Å². The number of rotatable bonds is 0. The molecule has 0 radical (unpaired) electrons. The number of hydrogen-bond donors (Lipinski definition) is 1. The summed E-state index contributed by atoms with van der Waals surface area (Å²) in [6, 6.07) is 0. The number of halogens is 5. The van der Waals surface area contributed by atoms with Crippen LogP contribution in [0.3, 0.4) is 0 Å². The van der Waals surface area contributed by atoms with E-state index in [1.807, 2.05) is 0 Å². The van der Waals surface area contributed by atoms with Gasteiger partial charge in [0, 0.05) is 11.0 Å². The summed E-state index contributed by atoms with van der Waals surface area (Å²) in [5.74, 6) is -7.79. The maximum absolute atomic E-state index is 12.4. The van der Waals surface area contributed by atoms with Gasteiger partial charge in [0.15, 0.2) is 11.7 Å². The summed E-state index contributed by atoms with van der Waals surface area (Å²) >= 11 is 3.21. The third kappa shape index (κ3) is 1.35. The van der Waals surface area contributed by atoms with Crippen molar-refractivity contribution in [2.24, 2.45) is 0 Å². The molecule has 1 rings (SSSR count). The van der Waals surface area contributed by atoms with Gasteiger partial charge < -0.3 is 0 Å². The fourth-order valence-electron chi connectivity index (χ4n) is 0.721. The number of alkyl halides is 3. The van der Waals surface area contributed by atoms with Gasteiger partial charge in [-0.25, -0.2) is 13.2 Å². The van der Waals surface area contributed by atoms with Crippen LogP contribution in [0.4, 0.5) is 22.0 Å². The molecule has 0 fully saturated rings. The van der Waals surface area contributed by atoms with Crippen molar-refractivity contribution < 1.29 is 22.0 Å². The molecule has 0 bridgehead atoms. The topological polar surface area (TPSA) is 0 Å². The molecule has 6 heteroatoms. The second-order valence-electron chi connectivity index (χ2n) is 2.23. The number of thiol groups is 1. The lowest BCUT2D eigenvalue weighted by atomic mass is 10.1. The Morgan fingerprint density at radius 1 is 1.33 bits per heavy atom. The van der Waals surface area contributed by atoms with Crippen molar-refractivity contribution in [2.45, 2.75) is 12.1 Å². The van der Waals surface area contributed by atoms with Crippen molar-refractivity contribution in [3.05, 3.63) is 22.6 Å². The minimum atomic E-state index is -4.02. The average Bonchev–Trinajstić information content (AvgIpc) is 1.97. The Morgan fingerprint density at radius 3 is 2.33 bits per heavy atom. The largest absolute Gasteiger partial charge is 0.305 e. The predicted molar refractivity (Wildman–Crippen MR) is 36.2 cm³/mol. The van der Waals surface area contributed by atoms with Crippen molar-refractivity contribution in [1.29, 1.82) is 0 Å². The third-order valence-corrected chi connectivity index (χ3v) is 1.65. The molecule has 0 saturated heterocycles. The highest BCUT2D eigenvalue weighted by Crippen LogP contribution is 2.39. The molecule has 0 spiro atoms. The highest BCUT2D eigenvalue weighted by Gasteiger charge is 2.46. The van der Waals surface area contributed by atoms with E-state index in [9.17, 15) is 22.0 Å². The van der Waals surface area contributed by atoms with Crippen LogP contribution < -0.4 is 0 Å². The van der Waals surface area contributed by atoms with Crippen LogP contribution in [0.5, 0.6) is 0 Å². The number of hydrogen-bond acceptors (Lipinski definition) is 1. The maximum Gasteiger partial charge on any atom is 0.305 e. The Balaban J connectivity index is 3.15. The molecule has 12 heavy (non-hydrogen) atoms. The molecule has 0 saturated carbocycles. The van der Waals surface area contributed by atoms with Crippen molar-refractivity contribution in [3.8, 4) is 0 Å². The molecule has 0 nitrogen and oxygen atoms in total. The maximum atomic E-state index is 12.4. The van der Waals surface area contributed by atoms with Crippen LogP contribution in [-0.2, 0) is 0 Å². The lowest BCUT2D eigenvalue weighted by Gasteiger charge is -2.20. The summed E-state index contributed by atoms with van der Waals surface area (Å²) in [7, 11) is 0. The fraction of sp³-hybridized carbons (Fsp3) is 0.333. The van der Waals surface area contributed by atoms with Crippen LogP contribution in [0.2, 0.25) is 0 Å². The van der Waals surface area contributed by atoms with Gasteiger partial charge in [-0.2, -0.15) is 8.78 Å². The summed E-state index contributed by atoms with van der Waals surface area (Å²) in [5.41, 5.74) is 0. The van der Waals surface area contributed by atoms with Crippen molar-refractivity contribution >= 4 is 12.6 Å². The van der Waals surface area contributed by atoms with Crippen molar-refractivity contribution in [1.82, 2.24) is 0 Å². The van der Waals surface area contributed by atoms with E-state index in [1.165, 1.54) is 0 Å². The van der Waals surface area contributed by atoms with E-state index in [0.29, 0.717) is 0 Å². The Kier molecular flexibility index (Phi) is 2.20. The molecule has 1 atom stereocenters. The first-order valence-electron chi connectivity index (χ1n) is 2.85. The lowest BCUT2D eigenvalue weighted by molar-refractivity contribution is -0.0236. The van der Waals surface area contributed by atoms with Crippen molar-refractivity contribution in [2.75, 3.05) is 0 Å². The molecule has 68 valence electrons. The Bertz CT molecular complexity index is 267. The first-order valence-corrected chi connectivity index (χ1v) is 3.30. The second kappa shape index (κ2) is 2.76. The Labute approximate surface area is 70.2 Å². The van der Waals surface area contributed by atoms with Gasteiger partial charge >= 0.3 is 5.92 Å². The Morgan fingerprint density at radius 2 is 1.83 bits per heavy atom. The second-order valence-corrected chi connectivity index (χ2v) is 2.71. The van der Waals surface area contributed by atoms with Crippen LogP contribution in [0, 0.1) is 0 Å². The minimum Gasteiger partial charge on any atom is -0.232 e. The zero-order chi connectivity index (χ0) is 9.52. The van der Waals surface area contributed by atoms with E-state index >= 15 is 0 Å². The van der Waals surface area contributed by atoms with Crippen LogP contribution in [0.25, 0.3) is 0 Å². The zero-order valence-corrected chi connectivity index (χ0v) is 6.39. The van der Waals surface area contributed by atoms with Crippen LogP contribution in [0.1, 0.15) is 0 Å². The van der Waals surface area contributed by atoms with Crippen LogP contribution in [-0.4, -0.2) is 12.1 Å². The fourth-order valence-corrected chi connectivity index (χ4v) is 1.00. The molecular weight excluding hydrogens is 199 g/mol. The molecule has 0 aromatic carbocycles. The molecular formula is C6H3F5S. The smallest absolute Gasteiger partial charge is 0.232 e. The molecule has 1 unspecified atom stereocenters. The normalized spacial score (nSPS) is 28.8. The third-order valence-electron chi connectivity index (χ3n) is 1.32. The van der Waals surface area contributed by atoms with E-state index in [0.717, 1.165) is 0 Å². The first kappa shape index (κ1) is 9.57. The summed E-state index contributed by atoms with van der Waals surface area (Å²) < 4.78 is 61.6. The van der Waals surface area contributed by atoms with Gasteiger partial charge in [0.05, 0.1) is 0 Å². The summed E-state index contributed by atoms with van der Waals surface area (Å²) in [5, 5.41) is 0. The van der Waals surface area contributed by atoms with Gasteiger partial charge in [-0.05, 0) is 0 Å². The van der Waals surface area contributed by atoms with E-state index in [2.05, 4.69) is 12.6 Å². The quantitative estimate of drug-likeness (QED) is 0.453. The van der Waals surface area contributed by atoms with Gasteiger partial charge in [-0.1, -0.05) is 0 Å². The Hall–Kier alpha value is -0.520. The standard InChI is InChI=1S/C6H3F5S/c7-3-2(12)1-6(10,11)5(9)4(3)8/h1,5,12H. The number of allylic oxidation sites excluding steroid dienone is 3. The highest BCUT2D eigenvalue weighted by molar-refractivity contribution is 7.84. The summed E-state index contributed by atoms with van der Waals surface area (Å²) in [6.07, 6.45) is -3.30. The van der Waals surface area contributed by atoms with E-state index < -0.39 is 28.7 Å². The highest BCUT2D eigenvalue weighted by atomic mass is 32.1. The van der Waals surface area contributed by atoms with E-state index in [1.54, 1.807) is 0 Å². The predicted octanol–water partition coefficient (Wildman–Crippen LogP) is 2.94. The van der Waals surface area contributed by atoms with Gasteiger partial charge in [0.1, 0.15) is 0 Å². The molecule has 0 amide bonds. The SMILES string of the molecule is FC1=C(F)C(F)C(F)(F)C=C1S. The molecule has 1 aliphatic rings. The van der Waals surface area contributed by atoms with Gasteiger partial charge in [0.2, 0.25) is 6.17 Å². The molecule has 0 aliphatic heterocycles. The van der Waals surface area contributed by atoms with Gasteiger partial charge in [0.25, 0.3) is 0 Å². The van der Waals surface area contributed by atoms with Crippen molar-refractivity contribution in [3.63, 3.8) is 0 Å². The average molecular weight is 202 g/mol. The van der Waals surface area contributed by atoms with E-state index in [4.69, 9.17) is 0 Å². The van der Waals surface area contributed by atoms with Gasteiger partial charge in [-0.15, -0.1) is 12.6 Å². The van der Waals surface area contributed by atoms with Crippen LogP contribution >= 0.6 is 12.6 Å². The molecule has 0 aromatic heterocycles. The first-order chi connectivity index (χ1) is 5.36. The molecule has 0 N–H and O–H groups in total. The molecule has 1 aliphatic carbocycles. The lowest BCUT2D eigenvalue weighted by Crippen LogP contribution is -2.31. The minimum absolute atomic E-state index is 0.0564. The zero-order valence-electron chi connectivity index (χ0n) is 5.49. The molecule has 0 heterocycles. The summed E-state index contributed by atoms with van der Waals surface area (Å²) in [6.45, 7) is 0. The monoisotopic (exact) mass is 202 g/mol.